The first kappa shape index (κ1) is 12.8. The molecule has 0 unspecified atom stereocenters. The lowest BCUT2D eigenvalue weighted by Crippen LogP contribution is -2.33. The Morgan fingerprint density at radius 2 is 2.20 bits per heavy atom. The van der Waals surface area contributed by atoms with Crippen LogP contribution < -0.4 is 5.73 Å². The van der Waals surface area contributed by atoms with E-state index in [1.807, 2.05) is 0 Å². The van der Waals surface area contributed by atoms with Crippen molar-refractivity contribution in [3.63, 3.8) is 0 Å². The summed E-state index contributed by atoms with van der Waals surface area (Å²) >= 11 is 1.49. The van der Waals surface area contributed by atoms with E-state index in [1.165, 1.54) is 11.8 Å². The minimum absolute atomic E-state index is 0.0382. The lowest BCUT2D eigenvalue weighted by Gasteiger charge is -2.12. The summed E-state index contributed by atoms with van der Waals surface area (Å²) in [6.45, 7) is 0.0653. The van der Waals surface area contributed by atoms with E-state index in [4.69, 9.17) is 20.7 Å². The lowest BCUT2D eigenvalue weighted by molar-refractivity contribution is -0.137. The first-order chi connectivity index (χ1) is 7.13. The van der Waals surface area contributed by atoms with Crippen LogP contribution in [-0.2, 0) is 9.53 Å². The van der Waals surface area contributed by atoms with Crippen molar-refractivity contribution in [2.45, 2.75) is 31.1 Å². The molecular weight excluding hydrogens is 218 g/mol. The van der Waals surface area contributed by atoms with E-state index in [-0.39, 0.29) is 18.8 Å². The summed E-state index contributed by atoms with van der Waals surface area (Å²) in [5.74, 6) is 0.180. The van der Waals surface area contributed by atoms with Crippen LogP contribution in [0.25, 0.3) is 0 Å². The molecular formula is C9H17NO4S. The van der Waals surface area contributed by atoms with Gasteiger partial charge in [0, 0.05) is 11.5 Å². The van der Waals surface area contributed by atoms with Crippen molar-refractivity contribution in [3.8, 4) is 0 Å². The van der Waals surface area contributed by atoms with Gasteiger partial charge in [-0.1, -0.05) is 0 Å². The van der Waals surface area contributed by atoms with Gasteiger partial charge in [-0.05, 0) is 12.8 Å². The van der Waals surface area contributed by atoms with Crippen LogP contribution in [0.1, 0.15) is 12.8 Å². The summed E-state index contributed by atoms with van der Waals surface area (Å²) in [5, 5.41) is 17.4. The molecule has 6 heteroatoms. The number of aliphatic carboxylic acids is 1. The molecule has 0 radical (unpaired) electrons. The Balaban J connectivity index is 2.08. The van der Waals surface area contributed by atoms with E-state index in [0.717, 1.165) is 18.6 Å². The molecule has 88 valence electrons. The van der Waals surface area contributed by atoms with Crippen molar-refractivity contribution in [2.75, 3.05) is 18.1 Å². The third-order valence-electron chi connectivity index (χ3n) is 2.32. The van der Waals surface area contributed by atoms with Crippen molar-refractivity contribution in [3.05, 3.63) is 0 Å². The molecule has 1 aliphatic rings. The minimum Gasteiger partial charge on any atom is -0.480 e. The van der Waals surface area contributed by atoms with Gasteiger partial charge >= 0.3 is 5.97 Å². The molecule has 1 saturated heterocycles. The summed E-state index contributed by atoms with van der Waals surface area (Å²) in [4.78, 5) is 10.4. The molecule has 0 aromatic carbocycles. The van der Waals surface area contributed by atoms with Crippen LogP contribution in [0.5, 0.6) is 0 Å². The number of aliphatic hydroxyl groups is 1. The molecule has 0 amide bonds. The van der Waals surface area contributed by atoms with Gasteiger partial charge in [-0.25, -0.2) is 0 Å². The lowest BCUT2D eigenvalue weighted by atomic mass is 10.2. The Labute approximate surface area is 93.0 Å². The largest absolute Gasteiger partial charge is 0.480 e. The molecule has 0 aromatic heterocycles. The fraction of sp³-hybridized carbons (Fsp3) is 0.889. The van der Waals surface area contributed by atoms with Gasteiger partial charge < -0.3 is 20.7 Å². The second-order valence-electron chi connectivity index (χ2n) is 3.62. The van der Waals surface area contributed by atoms with Gasteiger partial charge in [0.15, 0.2) is 0 Å². The summed E-state index contributed by atoms with van der Waals surface area (Å²) in [6.07, 6.45) is 1.91. The topological polar surface area (TPSA) is 92.8 Å². The van der Waals surface area contributed by atoms with Gasteiger partial charge in [-0.15, -0.1) is 0 Å². The molecule has 0 saturated carbocycles. The maximum absolute atomic E-state index is 10.4. The predicted octanol–water partition coefficient (Wildman–Crippen LogP) is -0.329. The first-order valence-corrected chi connectivity index (χ1v) is 6.11. The maximum Gasteiger partial charge on any atom is 0.321 e. The highest BCUT2D eigenvalue weighted by Crippen LogP contribution is 2.22. The summed E-state index contributed by atoms with van der Waals surface area (Å²) in [7, 11) is 0. The smallest absolute Gasteiger partial charge is 0.321 e. The maximum atomic E-state index is 10.4. The van der Waals surface area contributed by atoms with E-state index < -0.39 is 12.0 Å². The molecule has 0 bridgehead atoms. The molecule has 3 atom stereocenters. The highest BCUT2D eigenvalue weighted by molar-refractivity contribution is 7.99. The molecule has 0 aliphatic carbocycles. The van der Waals surface area contributed by atoms with Crippen LogP contribution in [0, 0.1) is 0 Å². The Morgan fingerprint density at radius 3 is 2.73 bits per heavy atom. The SMILES string of the molecule is N[C@@H](CSC[C@@H]1CC[C@H](CO)O1)C(=O)O. The van der Waals surface area contributed by atoms with E-state index in [2.05, 4.69) is 0 Å². The van der Waals surface area contributed by atoms with Crippen molar-refractivity contribution in [1.29, 1.82) is 0 Å². The summed E-state index contributed by atoms with van der Waals surface area (Å²) in [6, 6.07) is -0.801. The Bertz CT molecular complexity index is 214. The van der Waals surface area contributed by atoms with Crippen LogP contribution in [0.15, 0.2) is 0 Å². The fourth-order valence-corrected chi connectivity index (χ4v) is 2.48. The molecule has 1 fully saturated rings. The fourth-order valence-electron chi connectivity index (χ4n) is 1.43. The van der Waals surface area contributed by atoms with Crippen LogP contribution in [0.4, 0.5) is 0 Å². The average molecular weight is 235 g/mol. The number of rotatable bonds is 6. The normalized spacial score (nSPS) is 27.9. The zero-order chi connectivity index (χ0) is 11.3. The molecule has 1 heterocycles. The van der Waals surface area contributed by atoms with E-state index in [1.54, 1.807) is 0 Å². The number of carboxylic acids is 1. The third-order valence-corrected chi connectivity index (χ3v) is 3.52. The van der Waals surface area contributed by atoms with Gasteiger partial charge in [0.2, 0.25) is 0 Å². The summed E-state index contributed by atoms with van der Waals surface area (Å²) < 4.78 is 5.49. The highest BCUT2D eigenvalue weighted by Gasteiger charge is 2.24. The van der Waals surface area contributed by atoms with Crippen molar-refractivity contribution >= 4 is 17.7 Å². The zero-order valence-electron chi connectivity index (χ0n) is 8.46. The first-order valence-electron chi connectivity index (χ1n) is 4.96. The monoisotopic (exact) mass is 235 g/mol. The Kier molecular flexibility index (Phi) is 5.38. The number of aliphatic hydroxyl groups excluding tert-OH is 1. The van der Waals surface area contributed by atoms with Gasteiger partial charge in [0.05, 0.1) is 18.8 Å². The molecule has 1 aliphatic heterocycles. The number of hydrogen-bond donors (Lipinski definition) is 3. The van der Waals surface area contributed by atoms with E-state index in [0.29, 0.717) is 5.75 Å². The quantitative estimate of drug-likeness (QED) is 0.584. The molecule has 0 spiro atoms. The van der Waals surface area contributed by atoms with E-state index >= 15 is 0 Å². The number of carboxylic acid groups (broad SMARTS) is 1. The Hall–Kier alpha value is -0.300. The van der Waals surface area contributed by atoms with Crippen LogP contribution in [0.3, 0.4) is 0 Å². The van der Waals surface area contributed by atoms with E-state index in [9.17, 15) is 4.79 Å². The van der Waals surface area contributed by atoms with Crippen LogP contribution in [-0.4, -0.2) is 52.5 Å². The number of ether oxygens (including phenoxy) is 1. The van der Waals surface area contributed by atoms with Gasteiger partial charge in [-0.2, -0.15) is 11.8 Å². The van der Waals surface area contributed by atoms with Crippen LogP contribution in [0.2, 0.25) is 0 Å². The Morgan fingerprint density at radius 1 is 1.53 bits per heavy atom. The van der Waals surface area contributed by atoms with Crippen molar-refractivity contribution in [1.82, 2.24) is 0 Å². The number of hydrogen-bond acceptors (Lipinski definition) is 5. The molecule has 5 nitrogen and oxygen atoms in total. The molecule has 0 aromatic rings. The van der Waals surface area contributed by atoms with Gasteiger partial charge in [0.25, 0.3) is 0 Å². The molecule has 4 N–H and O–H groups in total. The number of nitrogens with two attached hydrogens (primary N) is 1. The standard InChI is InChI=1S/C9H17NO4S/c10-8(9(12)13)5-15-4-7-2-1-6(3-11)14-7/h6-8,11H,1-5,10H2,(H,12,13)/t6-,7+,8+/m1/s1. The average Bonchev–Trinajstić information content (AvgIpc) is 2.65. The predicted molar refractivity (Wildman–Crippen MR) is 57.9 cm³/mol. The second kappa shape index (κ2) is 6.32. The van der Waals surface area contributed by atoms with Crippen molar-refractivity contribution < 1.29 is 19.7 Å². The summed E-state index contributed by atoms with van der Waals surface area (Å²) in [5.41, 5.74) is 5.35. The third kappa shape index (κ3) is 4.38. The number of thioether (sulfide) groups is 1. The van der Waals surface area contributed by atoms with Crippen molar-refractivity contribution in [2.24, 2.45) is 5.73 Å². The van der Waals surface area contributed by atoms with Gasteiger partial charge in [0.1, 0.15) is 6.04 Å². The molecule has 1 rings (SSSR count). The van der Waals surface area contributed by atoms with Gasteiger partial charge in [-0.3, -0.25) is 4.79 Å². The second-order valence-corrected chi connectivity index (χ2v) is 4.70. The zero-order valence-corrected chi connectivity index (χ0v) is 9.28. The number of carbonyl (C=O) groups is 1. The van der Waals surface area contributed by atoms with Crippen LogP contribution >= 0.6 is 11.8 Å². The molecule has 15 heavy (non-hydrogen) atoms. The highest BCUT2D eigenvalue weighted by atomic mass is 32.2. The minimum atomic E-state index is -0.969.